The van der Waals surface area contributed by atoms with Crippen LogP contribution in [0.2, 0.25) is 0 Å². The molecule has 1 fully saturated rings. The molecule has 0 unspecified atom stereocenters. The summed E-state index contributed by atoms with van der Waals surface area (Å²) in [6, 6.07) is 12.3. The number of likely N-dealkylation sites (N-methyl/N-ethyl adjacent to an activating group) is 1. The highest BCUT2D eigenvalue weighted by Crippen LogP contribution is 2.27. The van der Waals surface area contributed by atoms with Crippen molar-refractivity contribution in [3.05, 3.63) is 70.9 Å². The molecule has 2 N–H and O–H groups in total. The zero-order valence-electron chi connectivity index (χ0n) is 28.2. The van der Waals surface area contributed by atoms with Crippen LogP contribution in [0.5, 0.6) is 5.75 Å². The summed E-state index contributed by atoms with van der Waals surface area (Å²) in [4.78, 5) is 35.5. The highest BCUT2D eigenvalue weighted by Gasteiger charge is 2.23. The van der Waals surface area contributed by atoms with E-state index in [4.69, 9.17) is 13.9 Å². The van der Waals surface area contributed by atoms with E-state index in [9.17, 15) is 14.7 Å². The minimum Gasteiger partial charge on any atom is -0.486 e. The Morgan fingerprint density at radius 1 is 1.15 bits per heavy atom. The number of hydrogen-bond donors (Lipinski definition) is 2. The second-order valence-corrected chi connectivity index (χ2v) is 12.8. The Kier molecular flexibility index (Phi) is 11.9. The molecule has 3 aromatic rings. The molecule has 11 nitrogen and oxygen atoms in total. The number of aryl methyl sites for hydroxylation is 1. The second kappa shape index (κ2) is 16.3. The number of benzene rings is 2. The van der Waals surface area contributed by atoms with Crippen molar-refractivity contribution >= 4 is 23.1 Å². The van der Waals surface area contributed by atoms with E-state index in [0.717, 1.165) is 74.0 Å². The normalized spacial score (nSPS) is 16.1. The third-order valence-corrected chi connectivity index (χ3v) is 9.28. The number of β-amino-alcohol motifs (C(OH)–C–C–N with tert-alkyl or cyclic N) is 1. The van der Waals surface area contributed by atoms with Crippen molar-refractivity contribution < 1.29 is 28.6 Å². The van der Waals surface area contributed by atoms with Gasteiger partial charge in [-0.1, -0.05) is 6.07 Å². The van der Waals surface area contributed by atoms with E-state index in [-0.39, 0.29) is 24.2 Å². The van der Waals surface area contributed by atoms with Gasteiger partial charge in [-0.3, -0.25) is 14.5 Å². The van der Waals surface area contributed by atoms with E-state index in [1.54, 1.807) is 14.0 Å². The third kappa shape index (κ3) is 9.56. The first-order valence-electron chi connectivity index (χ1n) is 16.6. The molecular formula is C36H49N5O6. The van der Waals surface area contributed by atoms with Gasteiger partial charge in [0, 0.05) is 89.8 Å². The van der Waals surface area contributed by atoms with Crippen LogP contribution in [0, 0.1) is 6.92 Å². The molecule has 47 heavy (non-hydrogen) atoms. The van der Waals surface area contributed by atoms with E-state index in [0.29, 0.717) is 38.3 Å². The monoisotopic (exact) mass is 647 g/mol. The zero-order chi connectivity index (χ0) is 33.3. The lowest BCUT2D eigenvalue weighted by molar-refractivity contribution is -0.129. The van der Waals surface area contributed by atoms with Crippen molar-refractivity contribution in [2.24, 2.45) is 0 Å². The molecule has 3 heterocycles. The smallest absolute Gasteiger partial charge is 0.219 e. The van der Waals surface area contributed by atoms with E-state index in [2.05, 4.69) is 38.3 Å². The number of rotatable bonds is 15. The fourth-order valence-corrected chi connectivity index (χ4v) is 6.29. The highest BCUT2D eigenvalue weighted by molar-refractivity contribution is 5.98. The van der Waals surface area contributed by atoms with Crippen LogP contribution >= 0.6 is 0 Å². The van der Waals surface area contributed by atoms with Crippen LogP contribution in [0.4, 0.5) is 11.4 Å². The number of amides is 1. The number of nitrogens with zero attached hydrogens (tertiary/aromatic N) is 4. The van der Waals surface area contributed by atoms with E-state index < -0.39 is 6.10 Å². The Balaban J connectivity index is 1.14. The number of anilines is 2. The zero-order valence-corrected chi connectivity index (χ0v) is 28.2. The van der Waals surface area contributed by atoms with Crippen LogP contribution in [0.3, 0.4) is 0 Å². The molecule has 2 aliphatic rings. The van der Waals surface area contributed by atoms with Crippen molar-refractivity contribution in [3.63, 3.8) is 0 Å². The second-order valence-electron chi connectivity index (χ2n) is 12.8. The summed E-state index contributed by atoms with van der Waals surface area (Å²) in [6.45, 7) is 8.68. The van der Waals surface area contributed by atoms with Crippen LogP contribution in [0.25, 0.3) is 0 Å². The number of methoxy groups -OCH3 is 1. The number of oxazole rings is 1. The molecule has 1 aromatic heterocycles. The van der Waals surface area contributed by atoms with Gasteiger partial charge in [0.1, 0.15) is 12.4 Å². The van der Waals surface area contributed by atoms with Gasteiger partial charge < -0.3 is 34.1 Å². The largest absolute Gasteiger partial charge is 0.486 e. The maximum absolute atomic E-state index is 13.5. The minimum atomic E-state index is -0.607. The average Bonchev–Trinajstić information content (AvgIpc) is 3.49. The number of carbonyl (C=O) groups is 2. The van der Waals surface area contributed by atoms with Crippen LogP contribution in [0.15, 0.2) is 47.2 Å². The number of aromatic nitrogens is 1. The molecule has 5 rings (SSSR count). The number of likely N-dealkylation sites (tertiary alicyclic amines) is 1. The first-order chi connectivity index (χ1) is 22.7. The number of nitrogens with one attached hydrogen (secondary N) is 1. The van der Waals surface area contributed by atoms with Gasteiger partial charge in [0.2, 0.25) is 5.91 Å². The van der Waals surface area contributed by atoms with Crippen molar-refractivity contribution in [3.8, 4) is 5.75 Å². The average molecular weight is 648 g/mol. The third-order valence-electron chi connectivity index (χ3n) is 9.28. The minimum absolute atomic E-state index is 0.0116. The summed E-state index contributed by atoms with van der Waals surface area (Å²) in [7, 11) is 3.67. The number of fused-ring (bicyclic) bond motifs is 1. The van der Waals surface area contributed by atoms with Crippen LogP contribution in [-0.2, 0) is 29.1 Å². The number of aliphatic hydroxyl groups excluding tert-OH is 1. The fourth-order valence-electron chi connectivity index (χ4n) is 6.29. The van der Waals surface area contributed by atoms with E-state index >= 15 is 0 Å². The molecule has 1 atom stereocenters. The summed E-state index contributed by atoms with van der Waals surface area (Å²) in [6.07, 6.45) is 4.07. The molecule has 1 amide bonds. The molecule has 2 aliphatic heterocycles. The first kappa shape index (κ1) is 34.4. The van der Waals surface area contributed by atoms with Gasteiger partial charge in [-0.05, 0) is 74.1 Å². The van der Waals surface area contributed by atoms with Crippen molar-refractivity contribution in [2.75, 3.05) is 63.7 Å². The Hall–Kier alpha value is -3.93. The lowest BCUT2D eigenvalue weighted by Crippen LogP contribution is -2.41. The molecule has 0 spiro atoms. The van der Waals surface area contributed by atoms with Gasteiger partial charge in [0.25, 0.3) is 0 Å². The summed E-state index contributed by atoms with van der Waals surface area (Å²) < 4.78 is 16.6. The maximum Gasteiger partial charge on any atom is 0.219 e. The van der Waals surface area contributed by atoms with Gasteiger partial charge in [0.05, 0.1) is 18.4 Å². The van der Waals surface area contributed by atoms with E-state index in [1.165, 1.54) is 17.5 Å². The molecule has 2 aromatic carbocycles. The predicted octanol–water partition coefficient (Wildman–Crippen LogP) is 4.45. The Labute approximate surface area is 277 Å². The lowest BCUT2D eigenvalue weighted by Gasteiger charge is -2.32. The molecule has 0 radical (unpaired) electrons. The van der Waals surface area contributed by atoms with Gasteiger partial charge in [-0.25, -0.2) is 4.98 Å². The summed E-state index contributed by atoms with van der Waals surface area (Å²) >= 11 is 0. The SMILES string of the molecule is COCCN(C)c1cc(NC2CCN(C(C)=O)CC2)cc(C(=O)CC[C@H](O)CN2CCc3cc(OCc4ocnc4C)ccc3C2)c1. The standard InChI is InChI=1S/C36H49N5O6/c1-25-36(47-24-37-25)23-46-34-7-5-28-21-40(12-9-27(28)19-34)22-33(43)6-8-35(44)29-17-31(20-32(18-29)39(3)15-16-45-4)38-30-10-13-41(14-11-30)26(2)42/h5,7,17-20,24,30,33,38,43H,6,8-16,21-23H2,1-4H3/t33-/m0/s1. The van der Waals surface area contributed by atoms with Gasteiger partial charge in [0.15, 0.2) is 17.9 Å². The quantitative estimate of drug-likeness (QED) is 0.229. The Morgan fingerprint density at radius 3 is 2.68 bits per heavy atom. The van der Waals surface area contributed by atoms with Crippen molar-refractivity contribution in [1.29, 1.82) is 0 Å². The molecule has 0 bridgehead atoms. The molecule has 0 saturated carbocycles. The van der Waals surface area contributed by atoms with E-state index in [1.807, 2.05) is 37.1 Å². The lowest BCUT2D eigenvalue weighted by atomic mass is 9.98. The molecular weight excluding hydrogens is 598 g/mol. The van der Waals surface area contributed by atoms with Crippen LogP contribution in [-0.4, -0.2) is 97.2 Å². The number of ketones is 1. The highest BCUT2D eigenvalue weighted by atomic mass is 16.5. The van der Waals surface area contributed by atoms with Gasteiger partial charge >= 0.3 is 0 Å². The Bertz CT molecular complexity index is 1500. The van der Waals surface area contributed by atoms with Crippen LogP contribution < -0.4 is 15.0 Å². The summed E-state index contributed by atoms with van der Waals surface area (Å²) in [5, 5.41) is 14.6. The number of ether oxygens (including phenoxy) is 2. The summed E-state index contributed by atoms with van der Waals surface area (Å²) in [5.74, 6) is 1.65. The predicted molar refractivity (Wildman–Crippen MR) is 181 cm³/mol. The molecule has 1 saturated heterocycles. The summed E-state index contributed by atoms with van der Waals surface area (Å²) in [5.41, 5.74) is 5.77. The molecule has 254 valence electrons. The van der Waals surface area contributed by atoms with Gasteiger partial charge in [-0.15, -0.1) is 0 Å². The number of carbonyl (C=O) groups excluding carboxylic acids is 2. The number of Topliss-reactive ketones (excluding diaryl/α,β-unsaturated/α-hetero) is 1. The number of piperidine rings is 1. The Morgan fingerprint density at radius 2 is 1.96 bits per heavy atom. The maximum atomic E-state index is 13.5. The van der Waals surface area contributed by atoms with Crippen molar-refractivity contribution in [2.45, 2.75) is 71.2 Å². The molecule has 0 aliphatic carbocycles. The number of hydrogen-bond acceptors (Lipinski definition) is 10. The van der Waals surface area contributed by atoms with Crippen LogP contribution in [0.1, 0.15) is 65.5 Å². The van der Waals surface area contributed by atoms with Crippen molar-refractivity contribution in [1.82, 2.24) is 14.8 Å². The van der Waals surface area contributed by atoms with Gasteiger partial charge in [-0.2, -0.15) is 0 Å². The first-order valence-corrected chi connectivity index (χ1v) is 16.6. The topological polar surface area (TPSA) is 121 Å². The molecule has 11 heteroatoms. The number of aliphatic hydroxyl groups is 1. The fraction of sp³-hybridized carbons (Fsp3) is 0.528.